The zero-order valence-corrected chi connectivity index (χ0v) is 11.2. The highest BCUT2D eigenvalue weighted by Crippen LogP contribution is 2.03. The second-order valence-corrected chi connectivity index (χ2v) is 3.84. The van der Waals surface area contributed by atoms with Gasteiger partial charge in [0.05, 0.1) is 25.7 Å². The summed E-state index contributed by atoms with van der Waals surface area (Å²) >= 11 is 0. The van der Waals surface area contributed by atoms with E-state index >= 15 is 0 Å². The van der Waals surface area contributed by atoms with Gasteiger partial charge in [-0.2, -0.15) is 0 Å². The molecule has 0 saturated heterocycles. The van der Waals surface area contributed by atoms with Crippen molar-refractivity contribution in [3.63, 3.8) is 0 Å². The van der Waals surface area contributed by atoms with Gasteiger partial charge in [-0.05, 0) is 24.3 Å². The van der Waals surface area contributed by atoms with Crippen LogP contribution in [-0.2, 0) is 14.2 Å². The smallest absolute Gasteiger partial charge is 0.374 e. The van der Waals surface area contributed by atoms with Crippen LogP contribution in [0.4, 0.5) is 0 Å². The summed E-state index contributed by atoms with van der Waals surface area (Å²) in [5, 5.41) is 0. The Morgan fingerprint density at radius 1 is 0.810 bits per heavy atom. The van der Waals surface area contributed by atoms with E-state index in [4.69, 9.17) is 23.0 Å². The number of esters is 2. The molecule has 0 aliphatic carbocycles. The van der Waals surface area contributed by atoms with E-state index < -0.39 is 11.9 Å². The van der Waals surface area contributed by atoms with Crippen LogP contribution in [0.15, 0.2) is 45.6 Å². The number of hydrogen-bond donors (Lipinski definition) is 0. The van der Waals surface area contributed by atoms with E-state index in [0.717, 1.165) is 0 Å². The molecular weight excluding hydrogens is 280 g/mol. The molecule has 2 heterocycles. The Bertz CT molecular complexity index is 492. The van der Waals surface area contributed by atoms with E-state index in [9.17, 15) is 9.59 Å². The summed E-state index contributed by atoms with van der Waals surface area (Å²) in [7, 11) is 0. The summed E-state index contributed by atoms with van der Waals surface area (Å²) in [4.78, 5) is 22.7. The standard InChI is InChI=1S/C14H14O7/c15-13(11-3-1-5-18-11)20-9-7-17-8-10-21-14(16)12-4-2-6-19-12/h1-6H,7-10H2. The molecule has 7 nitrogen and oxygen atoms in total. The van der Waals surface area contributed by atoms with Crippen LogP contribution in [0.3, 0.4) is 0 Å². The first-order chi connectivity index (χ1) is 10.3. The molecule has 0 aromatic carbocycles. The average molecular weight is 294 g/mol. The molecule has 0 bridgehead atoms. The third-order valence-electron chi connectivity index (χ3n) is 2.37. The van der Waals surface area contributed by atoms with Crippen molar-refractivity contribution in [2.45, 2.75) is 0 Å². The van der Waals surface area contributed by atoms with E-state index in [0.29, 0.717) is 0 Å². The number of furan rings is 2. The van der Waals surface area contributed by atoms with E-state index in [2.05, 4.69) is 0 Å². The highest BCUT2D eigenvalue weighted by atomic mass is 16.6. The van der Waals surface area contributed by atoms with Gasteiger partial charge < -0.3 is 23.0 Å². The van der Waals surface area contributed by atoms with Crippen LogP contribution >= 0.6 is 0 Å². The molecule has 0 radical (unpaired) electrons. The lowest BCUT2D eigenvalue weighted by molar-refractivity contribution is 0.0124. The number of rotatable bonds is 8. The molecule has 0 unspecified atom stereocenters. The Morgan fingerprint density at radius 3 is 1.67 bits per heavy atom. The molecule has 0 aliphatic heterocycles. The van der Waals surface area contributed by atoms with E-state index in [1.807, 2.05) is 0 Å². The number of ether oxygens (including phenoxy) is 3. The molecule has 0 atom stereocenters. The van der Waals surface area contributed by atoms with Crippen LogP contribution < -0.4 is 0 Å². The molecule has 0 spiro atoms. The molecule has 0 N–H and O–H groups in total. The summed E-state index contributed by atoms with van der Waals surface area (Å²) in [6, 6.07) is 6.22. The van der Waals surface area contributed by atoms with Crippen molar-refractivity contribution in [3.8, 4) is 0 Å². The predicted molar refractivity (Wildman–Crippen MR) is 68.8 cm³/mol. The first-order valence-electron chi connectivity index (χ1n) is 6.26. The summed E-state index contributed by atoms with van der Waals surface area (Å²) in [5.41, 5.74) is 0. The molecule has 0 saturated carbocycles. The highest BCUT2D eigenvalue weighted by molar-refractivity contribution is 5.86. The van der Waals surface area contributed by atoms with Crippen LogP contribution in [0.2, 0.25) is 0 Å². The summed E-state index contributed by atoms with van der Waals surface area (Å²) in [6.07, 6.45) is 2.78. The van der Waals surface area contributed by atoms with E-state index in [1.165, 1.54) is 24.7 Å². The Kier molecular flexibility index (Phi) is 5.60. The molecule has 2 aromatic rings. The maximum Gasteiger partial charge on any atom is 0.374 e. The average Bonchev–Trinajstić information content (AvgIpc) is 3.18. The van der Waals surface area contributed by atoms with Crippen molar-refractivity contribution < 1.29 is 32.6 Å². The summed E-state index contributed by atoms with van der Waals surface area (Å²) in [5.74, 6) is -0.814. The quantitative estimate of drug-likeness (QED) is 0.542. The Labute approximate surface area is 120 Å². The topological polar surface area (TPSA) is 88.1 Å². The first kappa shape index (κ1) is 14.9. The molecule has 0 aliphatic rings. The predicted octanol–water partition coefficient (Wildman–Crippen LogP) is 1.90. The van der Waals surface area contributed by atoms with Crippen molar-refractivity contribution >= 4 is 11.9 Å². The first-order valence-corrected chi connectivity index (χ1v) is 6.26. The molecule has 7 heteroatoms. The van der Waals surface area contributed by atoms with Crippen molar-refractivity contribution in [2.24, 2.45) is 0 Å². The third kappa shape index (κ3) is 4.81. The minimum atomic E-state index is -0.548. The van der Waals surface area contributed by atoms with Gasteiger partial charge in [0.2, 0.25) is 11.5 Å². The molecule has 112 valence electrons. The number of hydrogen-bond acceptors (Lipinski definition) is 7. The van der Waals surface area contributed by atoms with E-state index in [-0.39, 0.29) is 37.9 Å². The van der Waals surface area contributed by atoms with Crippen molar-refractivity contribution in [1.29, 1.82) is 0 Å². The van der Waals surface area contributed by atoms with Gasteiger partial charge in [0.15, 0.2) is 0 Å². The number of carbonyl (C=O) groups excluding carboxylic acids is 2. The third-order valence-corrected chi connectivity index (χ3v) is 2.37. The van der Waals surface area contributed by atoms with E-state index in [1.54, 1.807) is 12.1 Å². The zero-order valence-electron chi connectivity index (χ0n) is 11.2. The second kappa shape index (κ2) is 7.91. The summed E-state index contributed by atoms with van der Waals surface area (Å²) in [6.45, 7) is 0.576. The van der Waals surface area contributed by atoms with Gasteiger partial charge in [0, 0.05) is 0 Å². The molecule has 2 aromatic heterocycles. The maximum absolute atomic E-state index is 11.4. The molecule has 21 heavy (non-hydrogen) atoms. The molecule has 0 amide bonds. The largest absolute Gasteiger partial charge is 0.457 e. The van der Waals surface area contributed by atoms with Gasteiger partial charge in [-0.15, -0.1) is 0 Å². The zero-order chi connectivity index (χ0) is 14.9. The van der Waals surface area contributed by atoms with Gasteiger partial charge in [-0.3, -0.25) is 0 Å². The Morgan fingerprint density at radius 2 is 1.29 bits per heavy atom. The van der Waals surface area contributed by atoms with Gasteiger partial charge >= 0.3 is 11.9 Å². The van der Waals surface area contributed by atoms with Crippen LogP contribution in [0.25, 0.3) is 0 Å². The van der Waals surface area contributed by atoms with Gasteiger partial charge in [-0.1, -0.05) is 0 Å². The van der Waals surface area contributed by atoms with Crippen molar-refractivity contribution in [1.82, 2.24) is 0 Å². The highest BCUT2D eigenvalue weighted by Gasteiger charge is 2.10. The molecule has 0 fully saturated rings. The monoisotopic (exact) mass is 294 g/mol. The van der Waals surface area contributed by atoms with Gasteiger partial charge in [0.1, 0.15) is 13.2 Å². The fraction of sp³-hybridized carbons (Fsp3) is 0.286. The van der Waals surface area contributed by atoms with Crippen molar-refractivity contribution in [3.05, 3.63) is 48.3 Å². The minimum absolute atomic E-state index is 0.0890. The SMILES string of the molecule is O=C(OCCOCCOC(=O)c1ccco1)c1ccco1. The van der Waals surface area contributed by atoms with Gasteiger partial charge in [-0.25, -0.2) is 9.59 Å². The van der Waals surface area contributed by atoms with Gasteiger partial charge in [0.25, 0.3) is 0 Å². The fourth-order valence-corrected chi connectivity index (χ4v) is 1.42. The van der Waals surface area contributed by atoms with Crippen LogP contribution in [0, 0.1) is 0 Å². The fourth-order valence-electron chi connectivity index (χ4n) is 1.42. The Balaban J connectivity index is 1.49. The van der Waals surface area contributed by atoms with Crippen LogP contribution in [-0.4, -0.2) is 38.4 Å². The summed E-state index contributed by atoms with van der Waals surface area (Å²) < 4.78 is 24.7. The van der Waals surface area contributed by atoms with Crippen molar-refractivity contribution in [2.75, 3.05) is 26.4 Å². The molecule has 2 rings (SSSR count). The Hall–Kier alpha value is -2.54. The lowest BCUT2D eigenvalue weighted by atomic mass is 10.5. The van der Waals surface area contributed by atoms with Crippen LogP contribution in [0.5, 0.6) is 0 Å². The molecular formula is C14H14O7. The maximum atomic E-state index is 11.4. The normalized spacial score (nSPS) is 10.3. The number of carbonyl (C=O) groups is 2. The second-order valence-electron chi connectivity index (χ2n) is 3.84. The minimum Gasteiger partial charge on any atom is -0.457 e. The lowest BCUT2D eigenvalue weighted by Gasteiger charge is -2.05. The lowest BCUT2D eigenvalue weighted by Crippen LogP contribution is -2.14. The van der Waals surface area contributed by atoms with Crippen LogP contribution in [0.1, 0.15) is 21.1 Å².